The monoisotopic (exact) mass is 449 g/mol. The minimum atomic E-state index is -0.880. The number of hydrogen-bond donors (Lipinski definition) is 2. The summed E-state index contributed by atoms with van der Waals surface area (Å²) in [5.41, 5.74) is 2.07. The van der Waals surface area contributed by atoms with Gasteiger partial charge >= 0.3 is 0 Å². The van der Waals surface area contributed by atoms with Gasteiger partial charge in [-0.2, -0.15) is 0 Å². The molecule has 6 nitrogen and oxygen atoms in total. The van der Waals surface area contributed by atoms with E-state index in [0.717, 1.165) is 28.2 Å². The Morgan fingerprint density at radius 2 is 1.30 bits per heavy atom. The predicted molar refractivity (Wildman–Crippen MR) is 127 cm³/mol. The fraction of sp³-hybridized carbons (Fsp3) is 0.333. The minimum absolute atomic E-state index is 0.0235. The van der Waals surface area contributed by atoms with E-state index in [-0.39, 0.29) is 18.8 Å². The maximum absolute atomic E-state index is 9.54. The van der Waals surface area contributed by atoms with Crippen molar-refractivity contribution in [2.75, 3.05) is 40.5 Å². The molecule has 0 amide bonds. The average molecular weight is 450 g/mol. The lowest BCUT2D eigenvalue weighted by atomic mass is 9.80. The molecule has 0 aliphatic carbocycles. The van der Waals surface area contributed by atoms with Crippen molar-refractivity contribution in [3.63, 3.8) is 0 Å². The van der Waals surface area contributed by atoms with Crippen LogP contribution in [0.25, 0.3) is 0 Å². The van der Waals surface area contributed by atoms with Crippen LogP contribution in [-0.2, 0) is 15.1 Å². The molecule has 0 saturated carbocycles. The van der Waals surface area contributed by atoms with E-state index < -0.39 is 5.60 Å². The molecule has 0 aromatic heterocycles. The average Bonchev–Trinajstić information content (AvgIpc) is 2.90. The second-order valence-corrected chi connectivity index (χ2v) is 8.04. The summed E-state index contributed by atoms with van der Waals surface area (Å²) in [6.07, 6.45) is -0.420. The molecule has 174 valence electrons. The molecule has 0 radical (unpaired) electrons. The van der Waals surface area contributed by atoms with E-state index >= 15 is 0 Å². The Hall–Kier alpha value is -2.90. The van der Waals surface area contributed by atoms with Crippen molar-refractivity contribution in [2.24, 2.45) is 0 Å². The van der Waals surface area contributed by atoms with Crippen LogP contribution in [0.4, 0.5) is 0 Å². The van der Waals surface area contributed by atoms with Crippen LogP contribution >= 0.6 is 0 Å². The lowest BCUT2D eigenvalue weighted by Gasteiger charge is -2.38. The van der Waals surface area contributed by atoms with Gasteiger partial charge in [0, 0.05) is 13.1 Å². The van der Waals surface area contributed by atoms with Crippen LogP contribution in [0.3, 0.4) is 0 Å². The molecule has 1 heterocycles. The van der Waals surface area contributed by atoms with E-state index in [2.05, 4.69) is 17.4 Å². The Bertz CT molecular complexity index is 944. The highest BCUT2D eigenvalue weighted by molar-refractivity contribution is 5.49. The number of rotatable bonds is 9. The van der Waals surface area contributed by atoms with Crippen molar-refractivity contribution in [1.29, 1.82) is 0 Å². The van der Waals surface area contributed by atoms with Gasteiger partial charge < -0.3 is 29.4 Å². The second kappa shape index (κ2) is 10.8. The highest BCUT2D eigenvalue weighted by Crippen LogP contribution is 2.41. The minimum Gasteiger partial charge on any atom is -0.497 e. The highest BCUT2D eigenvalue weighted by atomic mass is 16.6. The zero-order valence-electron chi connectivity index (χ0n) is 19.1. The largest absolute Gasteiger partial charge is 0.497 e. The first-order valence-corrected chi connectivity index (χ1v) is 11.1. The van der Waals surface area contributed by atoms with Crippen LogP contribution in [0.5, 0.6) is 11.5 Å². The SMILES string of the molecule is COc1ccc(C(OC[C@@H]2CNC[C@@H](CO)O2)(c2ccccc2)c2ccc(OC)cc2)cc1. The van der Waals surface area contributed by atoms with Crippen LogP contribution in [0, 0.1) is 0 Å². The van der Waals surface area contributed by atoms with Crippen molar-refractivity contribution in [3.05, 3.63) is 95.6 Å². The molecule has 1 saturated heterocycles. The summed E-state index contributed by atoms with van der Waals surface area (Å²) < 4.78 is 23.7. The molecule has 1 aliphatic heterocycles. The molecule has 0 unspecified atom stereocenters. The van der Waals surface area contributed by atoms with Gasteiger partial charge in [0.1, 0.15) is 17.1 Å². The maximum Gasteiger partial charge on any atom is 0.143 e. The smallest absolute Gasteiger partial charge is 0.143 e. The number of morpholine rings is 1. The third kappa shape index (κ3) is 5.04. The van der Waals surface area contributed by atoms with Gasteiger partial charge in [-0.3, -0.25) is 0 Å². The Balaban J connectivity index is 1.79. The fourth-order valence-electron chi connectivity index (χ4n) is 4.27. The van der Waals surface area contributed by atoms with E-state index in [0.29, 0.717) is 19.7 Å². The van der Waals surface area contributed by atoms with Crippen LogP contribution in [0.1, 0.15) is 16.7 Å². The van der Waals surface area contributed by atoms with Crippen molar-refractivity contribution in [3.8, 4) is 11.5 Å². The molecule has 2 N–H and O–H groups in total. The molecule has 2 atom stereocenters. The number of methoxy groups -OCH3 is 2. The Labute approximate surface area is 195 Å². The molecular formula is C27H31NO5. The van der Waals surface area contributed by atoms with E-state index in [9.17, 15) is 5.11 Å². The summed E-state index contributed by atoms with van der Waals surface area (Å²) in [5, 5.41) is 12.9. The van der Waals surface area contributed by atoms with E-state index in [1.54, 1.807) is 14.2 Å². The summed E-state index contributed by atoms with van der Waals surface area (Å²) in [4.78, 5) is 0. The number of nitrogens with one attached hydrogen (secondary N) is 1. The molecule has 0 bridgehead atoms. The number of ether oxygens (including phenoxy) is 4. The van der Waals surface area contributed by atoms with E-state index in [1.165, 1.54) is 0 Å². The first-order chi connectivity index (χ1) is 16.2. The first-order valence-electron chi connectivity index (χ1n) is 11.1. The topological polar surface area (TPSA) is 69.2 Å². The Kier molecular flexibility index (Phi) is 7.62. The van der Waals surface area contributed by atoms with Gasteiger partial charge in [-0.1, -0.05) is 54.6 Å². The van der Waals surface area contributed by atoms with Crippen LogP contribution in [-0.4, -0.2) is 57.8 Å². The Morgan fingerprint density at radius 1 is 0.788 bits per heavy atom. The zero-order valence-corrected chi connectivity index (χ0v) is 19.1. The van der Waals surface area contributed by atoms with Crippen LogP contribution in [0.2, 0.25) is 0 Å². The van der Waals surface area contributed by atoms with E-state index in [1.807, 2.05) is 66.7 Å². The van der Waals surface area contributed by atoms with Gasteiger partial charge in [0.15, 0.2) is 0 Å². The summed E-state index contributed by atoms with van der Waals surface area (Å²) in [6.45, 7) is 1.61. The molecule has 1 aliphatic rings. The molecule has 1 fully saturated rings. The lowest BCUT2D eigenvalue weighted by Crippen LogP contribution is -2.49. The first kappa shape index (κ1) is 23.3. The van der Waals surface area contributed by atoms with Crippen LogP contribution in [0.15, 0.2) is 78.9 Å². The molecule has 4 rings (SSSR count). The van der Waals surface area contributed by atoms with Crippen molar-refractivity contribution >= 4 is 0 Å². The van der Waals surface area contributed by atoms with Crippen molar-refractivity contribution in [2.45, 2.75) is 17.8 Å². The second-order valence-electron chi connectivity index (χ2n) is 8.04. The molecular weight excluding hydrogens is 418 g/mol. The molecule has 0 spiro atoms. The third-order valence-corrected chi connectivity index (χ3v) is 5.99. The zero-order chi connectivity index (χ0) is 23.1. The number of aliphatic hydroxyl groups is 1. The molecule has 33 heavy (non-hydrogen) atoms. The maximum atomic E-state index is 9.54. The molecule has 3 aromatic carbocycles. The van der Waals surface area contributed by atoms with Gasteiger partial charge in [0.2, 0.25) is 0 Å². The summed E-state index contributed by atoms with van der Waals surface area (Å²) in [5.74, 6) is 1.56. The normalized spacial score (nSPS) is 18.6. The predicted octanol–water partition coefficient (Wildman–Crippen LogP) is 3.36. The highest BCUT2D eigenvalue weighted by Gasteiger charge is 2.39. The van der Waals surface area contributed by atoms with Gasteiger partial charge in [0.25, 0.3) is 0 Å². The molecule has 3 aromatic rings. The Morgan fingerprint density at radius 3 is 1.82 bits per heavy atom. The van der Waals surface area contributed by atoms with Gasteiger partial charge in [-0.15, -0.1) is 0 Å². The number of hydrogen-bond acceptors (Lipinski definition) is 6. The van der Waals surface area contributed by atoms with E-state index in [4.69, 9.17) is 18.9 Å². The third-order valence-electron chi connectivity index (χ3n) is 5.99. The standard InChI is InChI=1S/C27H31NO5/c1-30-23-12-8-21(9-13-23)27(20-6-4-3-5-7-20,22-10-14-24(31-2)15-11-22)32-19-26-17-28-16-25(18-29)33-26/h3-15,25-26,28-29H,16-19H2,1-2H3/t25-,26-/m0/s1. The van der Waals surface area contributed by atoms with Crippen molar-refractivity contribution < 1.29 is 24.1 Å². The van der Waals surface area contributed by atoms with Gasteiger partial charge in [0.05, 0.1) is 39.6 Å². The molecule has 6 heteroatoms. The van der Waals surface area contributed by atoms with Crippen molar-refractivity contribution in [1.82, 2.24) is 5.32 Å². The fourth-order valence-corrected chi connectivity index (χ4v) is 4.27. The van der Waals surface area contributed by atoms with Crippen LogP contribution < -0.4 is 14.8 Å². The number of aliphatic hydroxyl groups excluding tert-OH is 1. The lowest BCUT2D eigenvalue weighted by molar-refractivity contribution is -0.113. The van der Waals surface area contributed by atoms with Gasteiger partial charge in [-0.05, 0) is 41.0 Å². The summed E-state index contributed by atoms with van der Waals surface area (Å²) in [6, 6.07) is 26.1. The van der Waals surface area contributed by atoms with Gasteiger partial charge in [-0.25, -0.2) is 0 Å². The summed E-state index contributed by atoms with van der Waals surface area (Å²) >= 11 is 0. The number of benzene rings is 3. The summed E-state index contributed by atoms with van der Waals surface area (Å²) in [7, 11) is 3.31. The quantitative estimate of drug-likeness (QED) is 0.489.